The number of rotatable bonds is 3. The number of nitrogens with zero attached hydrogens (tertiary/aromatic N) is 1. The van der Waals surface area contributed by atoms with Crippen molar-refractivity contribution >= 4 is 5.91 Å². The molecule has 1 heterocycles. The molecule has 1 unspecified atom stereocenters. The number of aliphatic hydroxyl groups is 1. The molecule has 0 spiro atoms. The molecule has 76 valence electrons. The zero-order valence-electron chi connectivity index (χ0n) is 8.29. The Morgan fingerprint density at radius 3 is 3.00 bits per heavy atom. The van der Waals surface area contributed by atoms with Gasteiger partial charge in [-0.3, -0.25) is 4.79 Å². The Kier molecular flexibility index (Phi) is 3.69. The SMILES string of the molecule is CNC(C)C(=O)N1CCC[C@H]1CO. The van der Waals surface area contributed by atoms with Crippen LogP contribution in [0.4, 0.5) is 0 Å². The maximum Gasteiger partial charge on any atom is 0.239 e. The van der Waals surface area contributed by atoms with Gasteiger partial charge in [0, 0.05) is 6.54 Å². The van der Waals surface area contributed by atoms with Gasteiger partial charge in [-0.05, 0) is 26.8 Å². The minimum atomic E-state index is -0.146. The van der Waals surface area contributed by atoms with Crippen LogP contribution in [0.2, 0.25) is 0 Å². The summed E-state index contributed by atoms with van der Waals surface area (Å²) in [4.78, 5) is 13.5. The lowest BCUT2D eigenvalue weighted by Gasteiger charge is -2.25. The fraction of sp³-hybridized carbons (Fsp3) is 0.889. The number of aliphatic hydroxyl groups excluding tert-OH is 1. The van der Waals surface area contributed by atoms with Crippen LogP contribution >= 0.6 is 0 Å². The van der Waals surface area contributed by atoms with Gasteiger partial charge in [0.1, 0.15) is 0 Å². The van der Waals surface area contributed by atoms with Crippen LogP contribution in [-0.4, -0.2) is 48.2 Å². The molecule has 0 bridgehead atoms. The second-order valence-corrected chi connectivity index (χ2v) is 3.52. The van der Waals surface area contributed by atoms with Gasteiger partial charge in [0.15, 0.2) is 0 Å². The van der Waals surface area contributed by atoms with E-state index >= 15 is 0 Å². The van der Waals surface area contributed by atoms with Gasteiger partial charge in [0.2, 0.25) is 5.91 Å². The predicted molar refractivity (Wildman–Crippen MR) is 50.3 cm³/mol. The fourth-order valence-electron chi connectivity index (χ4n) is 1.69. The lowest BCUT2D eigenvalue weighted by molar-refractivity contribution is -0.134. The zero-order chi connectivity index (χ0) is 9.84. The third-order valence-electron chi connectivity index (χ3n) is 2.67. The third-order valence-corrected chi connectivity index (χ3v) is 2.67. The molecule has 1 aliphatic heterocycles. The van der Waals surface area contributed by atoms with Crippen molar-refractivity contribution in [1.29, 1.82) is 0 Å². The first-order valence-corrected chi connectivity index (χ1v) is 4.79. The molecule has 0 saturated carbocycles. The summed E-state index contributed by atoms with van der Waals surface area (Å²) in [6.45, 7) is 2.72. The highest BCUT2D eigenvalue weighted by molar-refractivity contribution is 5.82. The quantitative estimate of drug-likeness (QED) is 0.629. The van der Waals surface area contributed by atoms with Gasteiger partial charge in [-0.1, -0.05) is 0 Å². The van der Waals surface area contributed by atoms with E-state index in [0.717, 1.165) is 19.4 Å². The molecule has 0 aromatic rings. The Labute approximate surface area is 78.9 Å². The van der Waals surface area contributed by atoms with Gasteiger partial charge in [0.25, 0.3) is 0 Å². The van der Waals surface area contributed by atoms with Crippen molar-refractivity contribution < 1.29 is 9.90 Å². The van der Waals surface area contributed by atoms with E-state index in [4.69, 9.17) is 5.11 Å². The van der Waals surface area contributed by atoms with Crippen molar-refractivity contribution in [3.05, 3.63) is 0 Å². The number of carbonyl (C=O) groups is 1. The van der Waals surface area contributed by atoms with Gasteiger partial charge in [0.05, 0.1) is 18.7 Å². The van der Waals surface area contributed by atoms with E-state index in [1.165, 1.54) is 0 Å². The molecule has 0 radical (unpaired) electrons. The zero-order valence-corrected chi connectivity index (χ0v) is 8.29. The Morgan fingerprint density at radius 2 is 2.46 bits per heavy atom. The van der Waals surface area contributed by atoms with E-state index in [2.05, 4.69) is 5.32 Å². The number of amides is 1. The number of likely N-dealkylation sites (N-methyl/N-ethyl adjacent to an activating group) is 1. The Bertz CT molecular complexity index is 184. The molecule has 4 nitrogen and oxygen atoms in total. The molecule has 13 heavy (non-hydrogen) atoms. The summed E-state index contributed by atoms with van der Waals surface area (Å²) in [6.07, 6.45) is 1.94. The Balaban J connectivity index is 2.54. The summed E-state index contributed by atoms with van der Waals surface area (Å²) < 4.78 is 0. The molecular weight excluding hydrogens is 168 g/mol. The minimum absolute atomic E-state index is 0.0447. The second kappa shape index (κ2) is 4.58. The normalized spacial score (nSPS) is 24.8. The van der Waals surface area contributed by atoms with Crippen LogP contribution in [0.25, 0.3) is 0 Å². The molecule has 1 saturated heterocycles. The minimum Gasteiger partial charge on any atom is -0.394 e. The molecule has 2 N–H and O–H groups in total. The number of likely N-dealkylation sites (tertiary alicyclic amines) is 1. The van der Waals surface area contributed by atoms with Crippen LogP contribution in [0.15, 0.2) is 0 Å². The van der Waals surface area contributed by atoms with E-state index in [1.807, 2.05) is 6.92 Å². The van der Waals surface area contributed by atoms with Gasteiger partial charge < -0.3 is 15.3 Å². The van der Waals surface area contributed by atoms with E-state index in [9.17, 15) is 4.79 Å². The topological polar surface area (TPSA) is 52.6 Å². The summed E-state index contributed by atoms with van der Waals surface area (Å²) in [5, 5.41) is 11.9. The van der Waals surface area contributed by atoms with Crippen molar-refractivity contribution in [2.24, 2.45) is 0 Å². The molecule has 1 fully saturated rings. The monoisotopic (exact) mass is 186 g/mol. The third kappa shape index (κ3) is 2.19. The Hall–Kier alpha value is -0.610. The van der Waals surface area contributed by atoms with Crippen molar-refractivity contribution in [2.45, 2.75) is 31.8 Å². The lowest BCUT2D eigenvalue weighted by Crippen LogP contribution is -2.46. The predicted octanol–water partition coefficient (Wildman–Crippen LogP) is -0.422. The highest BCUT2D eigenvalue weighted by atomic mass is 16.3. The van der Waals surface area contributed by atoms with Crippen LogP contribution < -0.4 is 5.32 Å². The van der Waals surface area contributed by atoms with E-state index in [1.54, 1.807) is 11.9 Å². The van der Waals surface area contributed by atoms with Crippen LogP contribution in [0.3, 0.4) is 0 Å². The summed E-state index contributed by atoms with van der Waals surface area (Å²) in [5.74, 6) is 0.0963. The van der Waals surface area contributed by atoms with Gasteiger partial charge in [-0.15, -0.1) is 0 Å². The van der Waals surface area contributed by atoms with Crippen LogP contribution in [0, 0.1) is 0 Å². The number of nitrogens with one attached hydrogen (secondary N) is 1. The maximum absolute atomic E-state index is 11.7. The molecule has 1 aliphatic rings. The molecule has 1 amide bonds. The van der Waals surface area contributed by atoms with Crippen LogP contribution in [0.5, 0.6) is 0 Å². The van der Waals surface area contributed by atoms with Gasteiger partial charge in [-0.2, -0.15) is 0 Å². The lowest BCUT2D eigenvalue weighted by atomic mass is 10.2. The summed E-state index contributed by atoms with van der Waals surface area (Å²) in [6, 6.07) is -0.101. The first-order valence-electron chi connectivity index (χ1n) is 4.79. The average Bonchev–Trinajstić information content (AvgIpc) is 2.62. The summed E-state index contributed by atoms with van der Waals surface area (Å²) in [7, 11) is 1.77. The molecule has 2 atom stereocenters. The van der Waals surface area contributed by atoms with Crippen LogP contribution in [-0.2, 0) is 4.79 Å². The van der Waals surface area contributed by atoms with Crippen molar-refractivity contribution in [2.75, 3.05) is 20.2 Å². The molecular formula is C9H18N2O2. The van der Waals surface area contributed by atoms with Crippen LogP contribution in [0.1, 0.15) is 19.8 Å². The highest BCUT2D eigenvalue weighted by Crippen LogP contribution is 2.17. The standard InChI is InChI=1S/C9H18N2O2/c1-7(10-2)9(13)11-5-3-4-8(11)6-12/h7-8,10,12H,3-6H2,1-2H3/t7?,8-/m0/s1. The largest absolute Gasteiger partial charge is 0.394 e. The Morgan fingerprint density at radius 1 is 1.77 bits per heavy atom. The van der Waals surface area contributed by atoms with Crippen molar-refractivity contribution in [3.63, 3.8) is 0 Å². The number of hydrogen-bond acceptors (Lipinski definition) is 3. The van der Waals surface area contributed by atoms with Gasteiger partial charge >= 0.3 is 0 Å². The highest BCUT2D eigenvalue weighted by Gasteiger charge is 2.29. The molecule has 0 aliphatic carbocycles. The van der Waals surface area contributed by atoms with E-state index in [0.29, 0.717) is 0 Å². The molecule has 0 aromatic heterocycles. The smallest absolute Gasteiger partial charge is 0.239 e. The number of carbonyl (C=O) groups excluding carboxylic acids is 1. The molecule has 4 heteroatoms. The number of hydrogen-bond donors (Lipinski definition) is 2. The van der Waals surface area contributed by atoms with Crippen molar-refractivity contribution in [1.82, 2.24) is 10.2 Å². The first kappa shape index (κ1) is 10.5. The van der Waals surface area contributed by atoms with E-state index in [-0.39, 0.29) is 24.6 Å². The summed E-state index contributed by atoms with van der Waals surface area (Å²) >= 11 is 0. The summed E-state index contributed by atoms with van der Waals surface area (Å²) in [5.41, 5.74) is 0. The first-order chi connectivity index (χ1) is 6.20. The van der Waals surface area contributed by atoms with Crippen molar-refractivity contribution in [3.8, 4) is 0 Å². The molecule has 1 rings (SSSR count). The average molecular weight is 186 g/mol. The van der Waals surface area contributed by atoms with Gasteiger partial charge in [-0.25, -0.2) is 0 Å². The maximum atomic E-state index is 11.7. The fourth-order valence-corrected chi connectivity index (χ4v) is 1.69. The molecule has 0 aromatic carbocycles. The van der Waals surface area contributed by atoms with E-state index < -0.39 is 0 Å². The second-order valence-electron chi connectivity index (χ2n) is 3.52.